The maximum Gasteiger partial charge on any atom is 0.330 e. The van der Waals surface area contributed by atoms with Crippen LogP contribution in [0.25, 0.3) is 0 Å². The molecular formula is C16H22O3. The van der Waals surface area contributed by atoms with Gasteiger partial charge in [-0.15, -0.1) is 0 Å². The highest BCUT2D eigenvalue weighted by Gasteiger charge is 2.46. The maximum absolute atomic E-state index is 12.3. The molecule has 2 rings (SSSR count). The molecule has 0 aromatic carbocycles. The number of hydrogen-bond donors (Lipinski definition) is 0. The normalized spacial score (nSPS) is 31.7. The Kier molecular flexibility index (Phi) is 3.66. The number of hydrogen-bond acceptors (Lipinski definition) is 3. The lowest BCUT2D eigenvalue weighted by Gasteiger charge is -2.46. The Bertz CT molecular complexity index is 468. The molecule has 0 bridgehead atoms. The van der Waals surface area contributed by atoms with E-state index in [9.17, 15) is 9.59 Å². The Morgan fingerprint density at radius 2 is 2.16 bits per heavy atom. The molecule has 0 unspecified atom stereocenters. The van der Waals surface area contributed by atoms with Crippen molar-refractivity contribution in [1.29, 1.82) is 0 Å². The van der Waals surface area contributed by atoms with E-state index in [4.69, 9.17) is 0 Å². The van der Waals surface area contributed by atoms with Gasteiger partial charge in [-0.3, -0.25) is 4.79 Å². The van der Waals surface area contributed by atoms with Gasteiger partial charge in [0.25, 0.3) is 0 Å². The van der Waals surface area contributed by atoms with Gasteiger partial charge in [0.15, 0.2) is 5.78 Å². The molecule has 0 aromatic heterocycles. The highest BCUT2D eigenvalue weighted by atomic mass is 16.5. The molecule has 3 nitrogen and oxygen atoms in total. The minimum Gasteiger partial charge on any atom is -0.466 e. The summed E-state index contributed by atoms with van der Waals surface area (Å²) in [6.07, 6.45) is 6.34. The van der Waals surface area contributed by atoms with Crippen molar-refractivity contribution in [3.8, 4) is 0 Å². The molecule has 0 aliphatic heterocycles. The lowest BCUT2D eigenvalue weighted by molar-refractivity contribution is -0.135. The Morgan fingerprint density at radius 3 is 2.79 bits per heavy atom. The molecule has 0 radical (unpaired) electrons. The number of esters is 1. The van der Waals surface area contributed by atoms with Gasteiger partial charge in [0.2, 0.25) is 0 Å². The molecule has 104 valence electrons. The summed E-state index contributed by atoms with van der Waals surface area (Å²) in [6, 6.07) is 0. The van der Waals surface area contributed by atoms with Crippen LogP contribution in [0.5, 0.6) is 0 Å². The van der Waals surface area contributed by atoms with Crippen LogP contribution in [0.2, 0.25) is 0 Å². The van der Waals surface area contributed by atoms with Crippen LogP contribution in [0.4, 0.5) is 0 Å². The van der Waals surface area contributed by atoms with Crippen molar-refractivity contribution in [2.24, 2.45) is 17.3 Å². The third-order valence-corrected chi connectivity index (χ3v) is 4.67. The third kappa shape index (κ3) is 2.51. The van der Waals surface area contributed by atoms with Crippen molar-refractivity contribution in [3.63, 3.8) is 0 Å². The van der Waals surface area contributed by atoms with Gasteiger partial charge in [-0.25, -0.2) is 4.79 Å². The third-order valence-electron chi connectivity index (χ3n) is 4.67. The molecule has 0 amide bonds. The first-order chi connectivity index (χ1) is 8.86. The molecular weight excluding hydrogens is 240 g/mol. The first-order valence-corrected chi connectivity index (χ1v) is 6.87. The van der Waals surface area contributed by atoms with Gasteiger partial charge in [0.05, 0.1) is 7.11 Å². The minimum atomic E-state index is -0.433. The maximum atomic E-state index is 12.3. The molecule has 0 spiro atoms. The zero-order valence-corrected chi connectivity index (χ0v) is 12.2. The van der Waals surface area contributed by atoms with Crippen LogP contribution in [-0.2, 0) is 14.3 Å². The molecule has 0 aromatic rings. The van der Waals surface area contributed by atoms with Crippen LogP contribution >= 0.6 is 0 Å². The van der Waals surface area contributed by atoms with Crippen molar-refractivity contribution in [3.05, 3.63) is 23.3 Å². The van der Waals surface area contributed by atoms with E-state index in [0.717, 1.165) is 12.8 Å². The van der Waals surface area contributed by atoms with Crippen LogP contribution in [0.1, 0.15) is 40.0 Å². The fraction of sp³-hybridized carbons (Fsp3) is 0.625. The van der Waals surface area contributed by atoms with Gasteiger partial charge in [0, 0.05) is 18.1 Å². The Balaban J connectivity index is 2.38. The summed E-state index contributed by atoms with van der Waals surface area (Å²) in [5, 5.41) is 0. The molecule has 19 heavy (non-hydrogen) atoms. The second kappa shape index (κ2) is 4.95. The second-order valence-corrected chi connectivity index (χ2v) is 6.25. The van der Waals surface area contributed by atoms with Crippen LogP contribution < -0.4 is 0 Å². The molecule has 2 atom stereocenters. The van der Waals surface area contributed by atoms with Crippen molar-refractivity contribution in [1.82, 2.24) is 0 Å². The number of methoxy groups -OCH3 is 1. The highest BCUT2D eigenvalue weighted by molar-refractivity contribution is 6.02. The first-order valence-electron chi connectivity index (χ1n) is 6.87. The Labute approximate surface area is 114 Å². The van der Waals surface area contributed by atoms with Gasteiger partial charge < -0.3 is 4.74 Å². The molecule has 2 aliphatic carbocycles. The van der Waals surface area contributed by atoms with E-state index in [1.165, 1.54) is 18.8 Å². The number of ether oxygens (including phenoxy) is 1. The van der Waals surface area contributed by atoms with E-state index >= 15 is 0 Å². The van der Waals surface area contributed by atoms with Crippen molar-refractivity contribution in [2.45, 2.75) is 40.0 Å². The van der Waals surface area contributed by atoms with E-state index in [0.29, 0.717) is 23.8 Å². The molecule has 2 aliphatic rings. The van der Waals surface area contributed by atoms with Gasteiger partial charge in [0.1, 0.15) is 0 Å². The Morgan fingerprint density at radius 1 is 1.47 bits per heavy atom. The van der Waals surface area contributed by atoms with E-state index in [2.05, 4.69) is 31.6 Å². The quantitative estimate of drug-likeness (QED) is 0.414. The number of fused-ring (bicyclic) bond motifs is 1. The van der Waals surface area contributed by atoms with Crippen molar-refractivity contribution in [2.75, 3.05) is 7.11 Å². The second-order valence-electron chi connectivity index (χ2n) is 6.25. The summed E-state index contributed by atoms with van der Waals surface area (Å²) in [5.74, 6) is 0.413. The summed E-state index contributed by atoms with van der Waals surface area (Å²) in [7, 11) is 1.34. The number of carbonyl (C=O) groups is 2. The van der Waals surface area contributed by atoms with Crippen LogP contribution in [-0.4, -0.2) is 18.9 Å². The first kappa shape index (κ1) is 14.0. The molecule has 0 heterocycles. The SMILES string of the molecule is COC(=O)/C=C1\C(=O)C[C@H]2C=C(C)CC[C@H]2C1(C)C. The summed E-state index contributed by atoms with van der Waals surface area (Å²) < 4.78 is 4.67. The molecule has 3 heteroatoms. The van der Waals surface area contributed by atoms with E-state index < -0.39 is 5.97 Å². The number of carbonyl (C=O) groups excluding carboxylic acids is 2. The fourth-order valence-corrected chi connectivity index (χ4v) is 3.59. The van der Waals surface area contributed by atoms with Gasteiger partial charge in [-0.1, -0.05) is 25.5 Å². The zero-order valence-electron chi connectivity index (χ0n) is 12.2. The lowest BCUT2D eigenvalue weighted by atomic mass is 9.57. The van der Waals surface area contributed by atoms with Crippen molar-refractivity contribution >= 4 is 11.8 Å². The van der Waals surface area contributed by atoms with Gasteiger partial charge >= 0.3 is 5.97 Å². The number of rotatable bonds is 1. The molecule has 1 fully saturated rings. The highest BCUT2D eigenvalue weighted by Crippen LogP contribution is 2.50. The summed E-state index contributed by atoms with van der Waals surface area (Å²) in [5.41, 5.74) is 1.75. The van der Waals surface area contributed by atoms with Crippen LogP contribution in [0.15, 0.2) is 23.3 Å². The van der Waals surface area contributed by atoms with Crippen LogP contribution in [0.3, 0.4) is 0 Å². The number of allylic oxidation sites excluding steroid dienone is 3. The topological polar surface area (TPSA) is 43.4 Å². The number of ketones is 1. The molecule has 0 saturated heterocycles. The molecule has 0 N–H and O–H groups in total. The Hall–Kier alpha value is -1.38. The zero-order chi connectivity index (χ0) is 14.2. The van der Waals surface area contributed by atoms with E-state index in [-0.39, 0.29) is 11.2 Å². The van der Waals surface area contributed by atoms with E-state index in [1.54, 1.807) is 0 Å². The fourth-order valence-electron chi connectivity index (χ4n) is 3.59. The molecule has 1 saturated carbocycles. The van der Waals surface area contributed by atoms with Crippen molar-refractivity contribution < 1.29 is 14.3 Å². The average Bonchev–Trinajstić information content (AvgIpc) is 2.33. The smallest absolute Gasteiger partial charge is 0.330 e. The monoisotopic (exact) mass is 262 g/mol. The predicted molar refractivity (Wildman–Crippen MR) is 73.5 cm³/mol. The van der Waals surface area contributed by atoms with Gasteiger partial charge in [-0.05, 0) is 37.0 Å². The lowest BCUT2D eigenvalue weighted by Crippen LogP contribution is -2.42. The standard InChI is InChI=1S/C16H22O3/c1-10-5-6-12-11(7-10)8-14(17)13(16(12,2)3)9-15(18)19-4/h7,9,11-12H,5-6,8H2,1-4H3/b13-9+/t11-,12-/m1/s1. The summed E-state index contributed by atoms with van der Waals surface area (Å²) >= 11 is 0. The number of Topliss-reactive ketones (excluding diaryl/α,β-unsaturated/α-hetero) is 1. The van der Waals surface area contributed by atoms with E-state index in [1.807, 2.05) is 0 Å². The predicted octanol–water partition coefficient (Wildman–Crippen LogP) is 3.06. The summed E-state index contributed by atoms with van der Waals surface area (Å²) in [6.45, 7) is 6.28. The summed E-state index contributed by atoms with van der Waals surface area (Å²) in [4.78, 5) is 23.8. The van der Waals surface area contributed by atoms with Crippen LogP contribution in [0, 0.1) is 17.3 Å². The van der Waals surface area contributed by atoms with Gasteiger partial charge in [-0.2, -0.15) is 0 Å². The minimum absolute atomic E-state index is 0.0857. The largest absolute Gasteiger partial charge is 0.466 e. The average molecular weight is 262 g/mol.